The molecule has 0 aliphatic carbocycles. The van der Waals surface area contributed by atoms with Crippen molar-refractivity contribution in [3.05, 3.63) is 21.0 Å². The third-order valence-electron chi connectivity index (χ3n) is 3.64. The largest absolute Gasteiger partial charge is 0.381 e. The fourth-order valence-electron chi connectivity index (χ4n) is 2.47. The van der Waals surface area contributed by atoms with Gasteiger partial charge in [-0.15, -0.1) is 0 Å². The number of hydrogen-bond donors (Lipinski definition) is 1. The average Bonchev–Trinajstić information content (AvgIpc) is 2.44. The topological polar surface area (TPSA) is 73.4 Å². The third kappa shape index (κ3) is 2.82. The van der Waals surface area contributed by atoms with E-state index in [4.69, 9.17) is 10.5 Å². The molecule has 0 aromatic carbocycles. The zero-order valence-electron chi connectivity index (χ0n) is 11.2. The van der Waals surface area contributed by atoms with Crippen molar-refractivity contribution >= 4 is 21.6 Å². The van der Waals surface area contributed by atoms with E-state index in [9.17, 15) is 4.79 Å². The Morgan fingerprint density at radius 2 is 2.37 bits per heavy atom. The maximum Gasteiger partial charge on any atom is 0.282 e. The molecule has 19 heavy (non-hydrogen) atoms. The summed E-state index contributed by atoms with van der Waals surface area (Å²) in [4.78, 5) is 14.1. The minimum Gasteiger partial charge on any atom is -0.381 e. The van der Waals surface area contributed by atoms with Gasteiger partial charge in [0.2, 0.25) is 0 Å². The van der Waals surface area contributed by atoms with E-state index in [0.717, 1.165) is 25.1 Å². The second-order valence-corrected chi connectivity index (χ2v) is 5.53. The predicted molar refractivity (Wildman–Crippen MR) is 77.4 cm³/mol. The van der Waals surface area contributed by atoms with Crippen molar-refractivity contribution in [2.24, 2.45) is 12.8 Å². The number of aryl methyl sites for hydroxylation is 1. The van der Waals surface area contributed by atoms with E-state index in [1.165, 1.54) is 4.68 Å². The second kappa shape index (κ2) is 6.02. The fourth-order valence-corrected chi connectivity index (χ4v) is 3.06. The molecule has 2 heterocycles. The molecule has 2 rings (SSSR count). The summed E-state index contributed by atoms with van der Waals surface area (Å²) in [5, 5.41) is 4.08. The number of nitrogens with two attached hydrogens (primary N) is 1. The van der Waals surface area contributed by atoms with Crippen molar-refractivity contribution in [3.8, 4) is 0 Å². The molecule has 1 aliphatic heterocycles. The number of rotatable bonds is 3. The summed E-state index contributed by atoms with van der Waals surface area (Å²) >= 11 is 3.37. The molecule has 0 amide bonds. The number of nitrogens with zero attached hydrogens (tertiary/aromatic N) is 3. The Morgan fingerprint density at radius 1 is 1.63 bits per heavy atom. The monoisotopic (exact) mass is 330 g/mol. The van der Waals surface area contributed by atoms with Crippen LogP contribution >= 0.6 is 15.9 Å². The second-order valence-electron chi connectivity index (χ2n) is 4.74. The molecular formula is C12H19BrN4O2. The van der Waals surface area contributed by atoms with Crippen LogP contribution < -0.4 is 16.2 Å². The Hall–Kier alpha value is -0.920. The number of halogens is 1. The summed E-state index contributed by atoms with van der Waals surface area (Å²) in [5.74, 6) is 0. The fraction of sp³-hybridized carbons (Fsp3) is 0.667. The van der Waals surface area contributed by atoms with E-state index in [1.807, 2.05) is 0 Å². The first-order chi connectivity index (χ1) is 9.08. The lowest BCUT2D eigenvalue weighted by Gasteiger charge is -2.40. The molecule has 2 atom stereocenters. The summed E-state index contributed by atoms with van der Waals surface area (Å²) in [7, 11) is 3.36. The summed E-state index contributed by atoms with van der Waals surface area (Å²) in [5.41, 5.74) is 6.53. The summed E-state index contributed by atoms with van der Waals surface area (Å²) in [6.07, 6.45) is 3.74. The zero-order valence-corrected chi connectivity index (χ0v) is 12.8. The van der Waals surface area contributed by atoms with Gasteiger partial charge in [-0.3, -0.25) is 4.79 Å². The first-order valence-corrected chi connectivity index (χ1v) is 7.09. The molecule has 1 aromatic heterocycles. The molecule has 2 N–H and O–H groups in total. The maximum atomic E-state index is 11.9. The highest BCUT2D eigenvalue weighted by atomic mass is 79.9. The Bertz CT molecular complexity index is 505. The van der Waals surface area contributed by atoms with Crippen LogP contribution in [0.2, 0.25) is 0 Å². The molecule has 1 saturated heterocycles. The first kappa shape index (κ1) is 14.5. The lowest BCUT2D eigenvalue weighted by molar-refractivity contribution is 0.0709. The van der Waals surface area contributed by atoms with Gasteiger partial charge in [-0.05, 0) is 28.8 Å². The van der Waals surface area contributed by atoms with Gasteiger partial charge < -0.3 is 15.4 Å². The van der Waals surface area contributed by atoms with E-state index in [2.05, 4.69) is 25.9 Å². The highest BCUT2D eigenvalue weighted by Gasteiger charge is 2.29. The molecule has 106 valence electrons. The molecule has 0 bridgehead atoms. The molecule has 7 heteroatoms. The Morgan fingerprint density at radius 3 is 3.00 bits per heavy atom. The van der Waals surface area contributed by atoms with Crippen LogP contribution in [-0.4, -0.2) is 42.1 Å². The van der Waals surface area contributed by atoms with Crippen molar-refractivity contribution in [1.29, 1.82) is 0 Å². The minimum absolute atomic E-state index is 0.137. The number of aromatic nitrogens is 2. The van der Waals surface area contributed by atoms with Gasteiger partial charge in [-0.2, -0.15) is 5.10 Å². The van der Waals surface area contributed by atoms with Crippen molar-refractivity contribution in [2.75, 3.05) is 25.1 Å². The molecule has 0 radical (unpaired) electrons. The number of piperidine rings is 1. The lowest BCUT2D eigenvalue weighted by Crippen LogP contribution is -2.49. The third-order valence-corrected chi connectivity index (χ3v) is 4.39. The average molecular weight is 331 g/mol. The Kier molecular flexibility index (Phi) is 4.59. The Labute approximate surface area is 120 Å². The predicted octanol–water partition coefficient (Wildman–Crippen LogP) is 0.485. The quantitative estimate of drug-likeness (QED) is 0.872. The first-order valence-electron chi connectivity index (χ1n) is 6.29. The molecule has 6 nitrogen and oxygen atoms in total. The van der Waals surface area contributed by atoms with Crippen molar-refractivity contribution in [2.45, 2.75) is 25.0 Å². The van der Waals surface area contributed by atoms with Crippen LogP contribution in [0.3, 0.4) is 0 Å². The van der Waals surface area contributed by atoms with Gasteiger partial charge in [-0.1, -0.05) is 0 Å². The van der Waals surface area contributed by atoms with Crippen LogP contribution in [0.25, 0.3) is 0 Å². The number of methoxy groups -OCH3 is 1. The molecular weight excluding hydrogens is 312 g/mol. The lowest BCUT2D eigenvalue weighted by atomic mass is 9.99. The molecule has 0 spiro atoms. The van der Waals surface area contributed by atoms with Crippen LogP contribution in [-0.2, 0) is 11.8 Å². The van der Waals surface area contributed by atoms with Gasteiger partial charge in [0.05, 0.1) is 18.0 Å². The van der Waals surface area contributed by atoms with E-state index in [-0.39, 0.29) is 17.7 Å². The van der Waals surface area contributed by atoms with Crippen molar-refractivity contribution in [1.82, 2.24) is 9.78 Å². The summed E-state index contributed by atoms with van der Waals surface area (Å²) in [6.45, 7) is 1.34. The van der Waals surface area contributed by atoms with Gasteiger partial charge in [0.25, 0.3) is 5.56 Å². The number of ether oxygens (including phenoxy) is 1. The standard InChI is InChI=1S/C12H19BrN4O2/c1-16-12(18)11(13)10(7-15-16)17-4-3-9(19-2)5-8(17)6-14/h7-9H,3-6,14H2,1-2H3. The van der Waals surface area contributed by atoms with E-state index >= 15 is 0 Å². The SMILES string of the molecule is COC1CCN(c2cnn(C)c(=O)c2Br)C(CN)C1. The van der Waals surface area contributed by atoms with E-state index < -0.39 is 0 Å². The van der Waals surface area contributed by atoms with Crippen molar-refractivity contribution < 1.29 is 4.74 Å². The van der Waals surface area contributed by atoms with Gasteiger partial charge >= 0.3 is 0 Å². The zero-order chi connectivity index (χ0) is 14.0. The molecule has 0 saturated carbocycles. The minimum atomic E-state index is -0.137. The van der Waals surface area contributed by atoms with Crippen LogP contribution in [0.4, 0.5) is 5.69 Å². The smallest absolute Gasteiger partial charge is 0.282 e. The highest BCUT2D eigenvalue weighted by Crippen LogP contribution is 2.29. The highest BCUT2D eigenvalue weighted by molar-refractivity contribution is 9.10. The van der Waals surface area contributed by atoms with Crippen molar-refractivity contribution in [3.63, 3.8) is 0 Å². The molecule has 1 aliphatic rings. The Balaban J connectivity index is 2.31. The number of hydrogen-bond acceptors (Lipinski definition) is 5. The van der Waals surface area contributed by atoms with E-state index in [0.29, 0.717) is 11.0 Å². The summed E-state index contributed by atoms with van der Waals surface area (Å²) in [6, 6.07) is 0.170. The maximum absolute atomic E-state index is 11.9. The number of anilines is 1. The van der Waals surface area contributed by atoms with Gasteiger partial charge in [0, 0.05) is 33.3 Å². The van der Waals surface area contributed by atoms with Gasteiger partial charge in [0.1, 0.15) is 4.47 Å². The van der Waals surface area contributed by atoms with Crippen LogP contribution in [0, 0.1) is 0 Å². The van der Waals surface area contributed by atoms with Crippen LogP contribution in [0.1, 0.15) is 12.8 Å². The molecule has 1 fully saturated rings. The van der Waals surface area contributed by atoms with Gasteiger partial charge in [0.15, 0.2) is 0 Å². The molecule has 1 aromatic rings. The van der Waals surface area contributed by atoms with Crippen LogP contribution in [0.5, 0.6) is 0 Å². The van der Waals surface area contributed by atoms with Crippen LogP contribution in [0.15, 0.2) is 15.5 Å². The molecule has 2 unspecified atom stereocenters. The van der Waals surface area contributed by atoms with Gasteiger partial charge in [-0.25, -0.2) is 4.68 Å². The van der Waals surface area contributed by atoms with E-state index in [1.54, 1.807) is 20.4 Å². The summed E-state index contributed by atoms with van der Waals surface area (Å²) < 4.78 is 7.26. The normalized spacial score (nSPS) is 23.7.